The maximum Gasteiger partial charge on any atom is 0.301 e. The Bertz CT molecular complexity index is 42.2. The summed E-state index contributed by atoms with van der Waals surface area (Å²) >= 11 is 0. The fourth-order valence-electron chi connectivity index (χ4n) is 0. The topological polar surface area (TPSA) is 17.1 Å². The van der Waals surface area contributed by atoms with Crippen molar-refractivity contribution in [2.75, 3.05) is 0 Å². The normalized spacial score (nSPS) is 7.60. The molecule has 0 unspecified atom stereocenters. The summed E-state index contributed by atoms with van der Waals surface area (Å²) in [5, 5.41) is 0. The van der Waals surface area contributed by atoms with Crippen molar-refractivity contribution in [2.45, 2.75) is 13.3 Å². The van der Waals surface area contributed by atoms with E-state index in [0.717, 1.165) is 0 Å². The first-order chi connectivity index (χ1) is 2.27. The number of hydrogen-bond donors (Lipinski definition) is 0. The largest absolute Gasteiger partial charge is 0.301 e. The van der Waals surface area contributed by atoms with Crippen molar-refractivity contribution in [3.63, 3.8) is 0 Å². The summed E-state index contributed by atoms with van der Waals surface area (Å²) in [6.07, 6.45) is 0. The van der Waals surface area contributed by atoms with Crippen molar-refractivity contribution in [1.82, 2.24) is 0 Å². The first-order valence-corrected chi connectivity index (χ1v) is 1.45. The second kappa shape index (κ2) is 1.88. The van der Waals surface area contributed by atoms with Gasteiger partial charge in [-0.05, 0) is 0 Å². The standard InChI is InChI=1S/C3H5FO/c1-2-3(4)5/h2H2,1H3. The summed E-state index contributed by atoms with van der Waals surface area (Å²) in [7, 11) is 0. The summed E-state index contributed by atoms with van der Waals surface area (Å²) in [4.78, 5) is 9.15. The van der Waals surface area contributed by atoms with Crippen LogP contribution in [0.5, 0.6) is 0 Å². The van der Waals surface area contributed by atoms with Crippen LogP contribution < -0.4 is 0 Å². The Hall–Kier alpha value is -0.400. The van der Waals surface area contributed by atoms with Crippen LogP contribution in [0.4, 0.5) is 4.39 Å². The molecule has 0 aliphatic carbocycles. The molecule has 0 aromatic heterocycles. The van der Waals surface area contributed by atoms with E-state index in [1.807, 2.05) is 0 Å². The van der Waals surface area contributed by atoms with Crippen LogP contribution in [0.1, 0.15) is 13.3 Å². The molecule has 0 atom stereocenters. The van der Waals surface area contributed by atoms with Crippen LogP contribution in [0.2, 0.25) is 0 Å². The summed E-state index contributed by atoms with van der Waals surface area (Å²) in [5.74, 6) is 0. The predicted molar refractivity (Wildman–Crippen MR) is 16.4 cm³/mol. The van der Waals surface area contributed by atoms with Crippen molar-refractivity contribution in [1.29, 1.82) is 0 Å². The van der Waals surface area contributed by atoms with Crippen molar-refractivity contribution in [3.05, 3.63) is 0 Å². The van der Waals surface area contributed by atoms with Gasteiger partial charge in [0.1, 0.15) is 0 Å². The molecule has 0 amide bonds. The SMILES string of the molecule is CCC(=O)F. The lowest BCUT2D eigenvalue weighted by Crippen LogP contribution is -1.77. The van der Waals surface area contributed by atoms with Gasteiger partial charge in [0.25, 0.3) is 0 Å². The molecule has 0 rings (SSSR count). The fourth-order valence-corrected chi connectivity index (χ4v) is 0. The van der Waals surface area contributed by atoms with Gasteiger partial charge in [-0.25, -0.2) is 0 Å². The Morgan fingerprint density at radius 3 is 2.20 bits per heavy atom. The Morgan fingerprint density at radius 1 is 2.00 bits per heavy atom. The Kier molecular flexibility index (Phi) is 1.73. The number of carbonyl (C=O) groups is 1. The van der Waals surface area contributed by atoms with E-state index in [0.29, 0.717) is 0 Å². The molecule has 30 valence electrons. The van der Waals surface area contributed by atoms with Gasteiger partial charge in [-0.15, -0.1) is 0 Å². The van der Waals surface area contributed by atoms with E-state index in [-0.39, 0.29) is 6.42 Å². The zero-order chi connectivity index (χ0) is 4.28. The molecule has 1 nitrogen and oxygen atoms in total. The lowest BCUT2D eigenvalue weighted by Gasteiger charge is -1.66. The van der Waals surface area contributed by atoms with Crippen LogP contribution in [0.15, 0.2) is 0 Å². The maximum absolute atomic E-state index is 10.8. The summed E-state index contributed by atoms with van der Waals surface area (Å²) in [6, 6.07) is -1.25. The molecular weight excluding hydrogens is 71.0 g/mol. The predicted octanol–water partition coefficient (Wildman–Crippen LogP) is 0.893. The Balaban J connectivity index is 2.85. The summed E-state index contributed by atoms with van der Waals surface area (Å²) in [5.41, 5.74) is 0. The summed E-state index contributed by atoms with van der Waals surface area (Å²) < 4.78 is 10.8. The maximum atomic E-state index is 10.8. The molecule has 0 aliphatic heterocycles. The minimum atomic E-state index is -1.25. The zero-order valence-electron chi connectivity index (χ0n) is 2.99. The van der Waals surface area contributed by atoms with Crippen LogP contribution in [-0.2, 0) is 4.79 Å². The monoisotopic (exact) mass is 76.0 g/mol. The second-order valence-corrected chi connectivity index (χ2v) is 0.709. The van der Waals surface area contributed by atoms with E-state index in [1.165, 1.54) is 6.92 Å². The highest BCUT2D eigenvalue weighted by atomic mass is 19.1. The van der Waals surface area contributed by atoms with E-state index in [9.17, 15) is 4.39 Å². The molecule has 5 heavy (non-hydrogen) atoms. The third-order valence-corrected chi connectivity index (χ3v) is 0.278. The fraction of sp³-hybridized carbons (Fsp3) is 0.667. The number of hydrogen-bond acceptors (Lipinski definition) is 1. The van der Waals surface area contributed by atoms with Gasteiger partial charge in [-0.2, -0.15) is 4.39 Å². The highest BCUT2D eigenvalue weighted by Gasteiger charge is 1.83. The van der Waals surface area contributed by atoms with Crippen molar-refractivity contribution >= 4 is 6.04 Å². The number of rotatable bonds is 1. The van der Waals surface area contributed by atoms with Gasteiger partial charge in [0.15, 0.2) is 0 Å². The molecule has 0 spiro atoms. The van der Waals surface area contributed by atoms with Gasteiger partial charge < -0.3 is 0 Å². The molecule has 0 fully saturated rings. The first-order valence-electron chi connectivity index (χ1n) is 1.45. The molecule has 2 heteroatoms. The van der Waals surface area contributed by atoms with Crippen molar-refractivity contribution < 1.29 is 9.18 Å². The minimum Gasteiger partial charge on any atom is -0.261 e. The van der Waals surface area contributed by atoms with Crippen LogP contribution >= 0.6 is 0 Å². The molecule has 0 saturated carbocycles. The molecule has 0 bridgehead atoms. The third-order valence-electron chi connectivity index (χ3n) is 0.278. The Labute approximate surface area is 29.8 Å². The smallest absolute Gasteiger partial charge is 0.261 e. The minimum absolute atomic E-state index is 0. The third kappa shape index (κ3) is 3.60. The van der Waals surface area contributed by atoms with Crippen molar-refractivity contribution in [2.24, 2.45) is 0 Å². The average Bonchev–Trinajstić information content (AvgIpc) is 1.38. The number of carbonyl (C=O) groups excluding carboxylic acids is 1. The Morgan fingerprint density at radius 2 is 2.20 bits per heavy atom. The van der Waals surface area contributed by atoms with Gasteiger partial charge in [0.2, 0.25) is 0 Å². The quantitative estimate of drug-likeness (QED) is 0.424. The van der Waals surface area contributed by atoms with Crippen LogP contribution in [0.3, 0.4) is 0 Å². The van der Waals surface area contributed by atoms with Crippen LogP contribution in [0.25, 0.3) is 0 Å². The van der Waals surface area contributed by atoms with Gasteiger partial charge in [-0.3, -0.25) is 4.79 Å². The second-order valence-electron chi connectivity index (χ2n) is 0.709. The molecule has 0 radical (unpaired) electrons. The highest BCUT2D eigenvalue weighted by Crippen LogP contribution is 1.75. The van der Waals surface area contributed by atoms with E-state index >= 15 is 0 Å². The van der Waals surface area contributed by atoms with E-state index in [4.69, 9.17) is 4.79 Å². The molecule has 0 aliphatic rings. The first kappa shape index (κ1) is 4.60. The van der Waals surface area contributed by atoms with E-state index < -0.39 is 6.04 Å². The van der Waals surface area contributed by atoms with E-state index in [1.54, 1.807) is 0 Å². The van der Waals surface area contributed by atoms with Gasteiger partial charge in [-0.1, -0.05) is 6.92 Å². The molecular formula is C3H5FO. The zero-order valence-corrected chi connectivity index (χ0v) is 2.99. The van der Waals surface area contributed by atoms with Gasteiger partial charge in [0, 0.05) is 6.42 Å². The number of halogens is 1. The highest BCUT2D eigenvalue weighted by molar-refractivity contribution is 5.67. The average molecular weight is 76.1 g/mol. The van der Waals surface area contributed by atoms with Crippen LogP contribution in [0, 0.1) is 0 Å². The van der Waals surface area contributed by atoms with E-state index in [2.05, 4.69) is 0 Å². The van der Waals surface area contributed by atoms with Gasteiger partial charge >= 0.3 is 6.04 Å². The van der Waals surface area contributed by atoms with Crippen molar-refractivity contribution in [3.8, 4) is 0 Å². The lowest BCUT2D eigenvalue weighted by atomic mass is 10.5. The molecule has 0 aromatic rings. The van der Waals surface area contributed by atoms with Crippen LogP contribution in [-0.4, -0.2) is 6.04 Å². The molecule has 0 heterocycles. The molecule has 0 aromatic carbocycles. The molecule has 0 saturated heterocycles. The van der Waals surface area contributed by atoms with Gasteiger partial charge in [0.05, 0.1) is 0 Å². The molecule has 0 N–H and O–H groups in total. The lowest BCUT2D eigenvalue weighted by molar-refractivity contribution is -0.128. The summed E-state index contributed by atoms with van der Waals surface area (Å²) in [6.45, 7) is 1.47.